The van der Waals surface area contributed by atoms with Gasteiger partial charge in [0.05, 0.1) is 15.7 Å². The first-order valence-electron chi connectivity index (χ1n) is 4.57. The second-order valence-electron chi connectivity index (χ2n) is 4.08. The highest BCUT2D eigenvalue weighted by Crippen LogP contribution is 2.55. The second kappa shape index (κ2) is 3.17. The molecule has 0 saturated heterocycles. The number of nitrogens with zero attached hydrogens (tertiary/aromatic N) is 2. The molecular formula is C9H10N2O4S. The van der Waals surface area contributed by atoms with Gasteiger partial charge in [0.15, 0.2) is 5.69 Å². The van der Waals surface area contributed by atoms with Gasteiger partial charge in [-0.05, 0) is 19.9 Å². The SMILES string of the molecule is CC1(C)S[N+]([O-])(O)c2cc([N+](=O)[O-])ccc21. The first-order valence-corrected chi connectivity index (χ1v) is 5.34. The minimum Gasteiger partial charge on any atom is -0.581 e. The van der Waals surface area contributed by atoms with Gasteiger partial charge in [0.25, 0.3) is 5.69 Å². The molecule has 0 bridgehead atoms. The molecule has 0 amide bonds. The Hall–Kier alpha value is -1.15. The minimum absolute atomic E-state index is 0.0317. The van der Waals surface area contributed by atoms with Gasteiger partial charge < -0.3 is 5.21 Å². The van der Waals surface area contributed by atoms with Gasteiger partial charge in [-0.25, -0.2) is 0 Å². The lowest BCUT2D eigenvalue weighted by molar-refractivity contribution is -0.384. The fourth-order valence-electron chi connectivity index (χ4n) is 1.78. The Morgan fingerprint density at radius 1 is 1.50 bits per heavy atom. The summed E-state index contributed by atoms with van der Waals surface area (Å²) >= 11 is 0.789. The molecule has 86 valence electrons. The van der Waals surface area contributed by atoms with Crippen LogP contribution in [0.25, 0.3) is 0 Å². The lowest BCUT2D eigenvalue weighted by Gasteiger charge is -2.26. The molecule has 1 atom stereocenters. The average molecular weight is 242 g/mol. The molecule has 1 aliphatic rings. The second-order valence-corrected chi connectivity index (χ2v) is 5.78. The summed E-state index contributed by atoms with van der Waals surface area (Å²) < 4.78 is -2.18. The Kier molecular flexibility index (Phi) is 2.25. The van der Waals surface area contributed by atoms with Gasteiger partial charge in [-0.2, -0.15) is 5.21 Å². The molecule has 16 heavy (non-hydrogen) atoms. The summed E-state index contributed by atoms with van der Waals surface area (Å²) in [5.41, 5.74) is 0.467. The van der Waals surface area contributed by atoms with Gasteiger partial charge in [-0.3, -0.25) is 10.1 Å². The maximum atomic E-state index is 11.7. The maximum absolute atomic E-state index is 11.7. The lowest BCUT2D eigenvalue weighted by Crippen LogP contribution is -2.28. The van der Waals surface area contributed by atoms with E-state index >= 15 is 0 Å². The van der Waals surface area contributed by atoms with E-state index in [0.717, 1.165) is 18.0 Å². The normalized spacial score (nSPS) is 26.5. The molecule has 1 aliphatic heterocycles. The van der Waals surface area contributed by atoms with Crippen LogP contribution < -0.4 is 4.21 Å². The van der Waals surface area contributed by atoms with E-state index < -0.39 is 13.9 Å². The van der Waals surface area contributed by atoms with Crippen molar-refractivity contribution < 1.29 is 10.1 Å². The zero-order chi connectivity index (χ0) is 12.1. The smallest absolute Gasteiger partial charge is 0.275 e. The summed E-state index contributed by atoms with van der Waals surface area (Å²) in [6.45, 7) is 3.58. The third-order valence-corrected chi connectivity index (χ3v) is 3.62. The fourth-order valence-corrected chi connectivity index (χ4v) is 2.92. The van der Waals surface area contributed by atoms with Crippen LogP contribution in [0.2, 0.25) is 0 Å². The summed E-state index contributed by atoms with van der Waals surface area (Å²) in [5, 5.41) is 31.9. The van der Waals surface area contributed by atoms with E-state index in [4.69, 9.17) is 0 Å². The molecule has 0 aromatic heterocycles. The van der Waals surface area contributed by atoms with E-state index in [9.17, 15) is 20.5 Å². The number of non-ortho nitro benzene ring substituents is 1. The van der Waals surface area contributed by atoms with Crippen LogP contribution in [0.5, 0.6) is 0 Å². The molecule has 0 fully saturated rings. The summed E-state index contributed by atoms with van der Waals surface area (Å²) in [4.78, 5) is 9.99. The standard InChI is InChI=1S/C9H10N2O4S/c1-9(2)7-4-3-6(10(12)13)5-8(7)11(14,15)16-9/h3-5,14H,1-2H3. The van der Waals surface area contributed by atoms with Crippen molar-refractivity contribution in [2.45, 2.75) is 18.6 Å². The average Bonchev–Trinajstić information content (AvgIpc) is 2.32. The van der Waals surface area contributed by atoms with Crippen molar-refractivity contribution in [1.29, 1.82) is 0 Å². The highest BCUT2D eigenvalue weighted by Gasteiger charge is 2.47. The molecule has 2 rings (SSSR count). The zero-order valence-electron chi connectivity index (χ0n) is 8.71. The minimum atomic E-state index is -1.62. The molecule has 0 aliphatic carbocycles. The fraction of sp³-hybridized carbons (Fsp3) is 0.333. The number of hydrogen-bond acceptors (Lipinski definition) is 5. The van der Waals surface area contributed by atoms with Crippen LogP contribution in [0.1, 0.15) is 19.4 Å². The Morgan fingerprint density at radius 2 is 2.12 bits per heavy atom. The zero-order valence-corrected chi connectivity index (χ0v) is 9.52. The molecule has 0 radical (unpaired) electrons. The van der Waals surface area contributed by atoms with Crippen molar-refractivity contribution in [3.63, 3.8) is 0 Å². The van der Waals surface area contributed by atoms with E-state index in [1.807, 2.05) is 0 Å². The van der Waals surface area contributed by atoms with Gasteiger partial charge in [0, 0.05) is 11.6 Å². The summed E-state index contributed by atoms with van der Waals surface area (Å²) in [6.07, 6.45) is 0. The van der Waals surface area contributed by atoms with E-state index in [0.29, 0.717) is 5.56 Å². The van der Waals surface area contributed by atoms with Crippen LogP contribution in [-0.4, -0.2) is 10.1 Å². The monoisotopic (exact) mass is 242 g/mol. The number of rotatable bonds is 1. The summed E-state index contributed by atoms with van der Waals surface area (Å²) in [5.74, 6) is 0. The first kappa shape index (κ1) is 11.3. The molecule has 0 saturated carbocycles. The Morgan fingerprint density at radius 3 is 2.69 bits per heavy atom. The molecule has 7 heteroatoms. The first-order chi connectivity index (χ1) is 7.24. The predicted octanol–water partition coefficient (Wildman–Crippen LogP) is 2.69. The number of nitro benzene ring substituents is 1. The van der Waals surface area contributed by atoms with Crippen LogP contribution in [0.3, 0.4) is 0 Å². The van der Waals surface area contributed by atoms with E-state index in [1.54, 1.807) is 13.8 Å². The molecule has 1 aromatic rings. The Bertz CT molecular complexity index is 473. The van der Waals surface area contributed by atoms with Crippen molar-refractivity contribution in [2.24, 2.45) is 0 Å². The number of quaternary nitrogens is 1. The molecule has 6 nitrogen and oxygen atoms in total. The highest BCUT2D eigenvalue weighted by molar-refractivity contribution is 7.99. The molecular weight excluding hydrogens is 232 g/mol. The number of fused-ring (bicyclic) bond motifs is 1. The Labute approximate surface area is 95.9 Å². The van der Waals surface area contributed by atoms with Crippen LogP contribution in [0.4, 0.5) is 11.4 Å². The van der Waals surface area contributed by atoms with Crippen LogP contribution in [-0.2, 0) is 4.75 Å². The van der Waals surface area contributed by atoms with Gasteiger partial charge in [-0.15, -0.1) is 4.21 Å². The van der Waals surface area contributed by atoms with Crippen molar-refractivity contribution >= 4 is 23.3 Å². The van der Waals surface area contributed by atoms with Gasteiger partial charge in [-0.1, -0.05) is 0 Å². The lowest BCUT2D eigenvalue weighted by atomic mass is 10.00. The molecule has 1 unspecified atom stereocenters. The number of nitro groups is 1. The van der Waals surface area contributed by atoms with Crippen molar-refractivity contribution in [3.8, 4) is 0 Å². The van der Waals surface area contributed by atoms with Crippen LogP contribution in [0.15, 0.2) is 18.2 Å². The molecule has 1 N–H and O–H groups in total. The third kappa shape index (κ3) is 1.57. The van der Waals surface area contributed by atoms with Crippen LogP contribution in [0, 0.1) is 15.3 Å². The van der Waals surface area contributed by atoms with E-state index in [2.05, 4.69) is 0 Å². The predicted molar refractivity (Wildman–Crippen MR) is 60.7 cm³/mol. The molecule has 0 spiro atoms. The summed E-state index contributed by atoms with van der Waals surface area (Å²) in [7, 11) is 0. The highest BCUT2D eigenvalue weighted by atomic mass is 32.2. The quantitative estimate of drug-likeness (QED) is 0.269. The summed E-state index contributed by atoms with van der Waals surface area (Å²) in [6, 6.07) is 3.99. The van der Waals surface area contributed by atoms with Gasteiger partial charge in [0.1, 0.15) is 11.9 Å². The van der Waals surface area contributed by atoms with Gasteiger partial charge >= 0.3 is 0 Å². The molecule has 1 heterocycles. The van der Waals surface area contributed by atoms with Crippen LogP contribution >= 0.6 is 11.9 Å². The van der Waals surface area contributed by atoms with Gasteiger partial charge in [0.2, 0.25) is 0 Å². The topological polar surface area (TPSA) is 86.4 Å². The maximum Gasteiger partial charge on any atom is 0.275 e. The van der Waals surface area contributed by atoms with Crippen molar-refractivity contribution in [1.82, 2.24) is 4.21 Å². The van der Waals surface area contributed by atoms with Crippen molar-refractivity contribution in [3.05, 3.63) is 39.1 Å². The Balaban J connectivity index is 2.63. The van der Waals surface area contributed by atoms with Crippen molar-refractivity contribution in [2.75, 3.05) is 0 Å². The number of benzene rings is 1. The van der Waals surface area contributed by atoms with E-state index in [-0.39, 0.29) is 11.4 Å². The molecule has 1 aromatic carbocycles. The largest absolute Gasteiger partial charge is 0.581 e. The third-order valence-electron chi connectivity index (χ3n) is 2.50. The van der Waals surface area contributed by atoms with E-state index in [1.165, 1.54) is 12.1 Å². The number of hydrogen-bond donors (Lipinski definition) is 1.